The van der Waals surface area contributed by atoms with Crippen LogP contribution in [0.5, 0.6) is 5.75 Å². The quantitative estimate of drug-likeness (QED) is 0.571. The van der Waals surface area contributed by atoms with Gasteiger partial charge < -0.3 is 15.4 Å². The minimum Gasteiger partial charge on any atom is -0.497 e. The molecule has 1 aromatic heterocycles. The summed E-state index contributed by atoms with van der Waals surface area (Å²) >= 11 is 1.38. The van der Waals surface area contributed by atoms with Gasteiger partial charge in [0.1, 0.15) is 11.4 Å². The SMILES string of the molecule is COc1cccc(NC2=C(c3cccs3)C(=O)N(c3ccc(NC(C)=O)cc3)C2=O)c1. The maximum absolute atomic E-state index is 13.3. The van der Waals surface area contributed by atoms with E-state index in [1.54, 1.807) is 55.6 Å². The third-order valence-corrected chi connectivity index (χ3v) is 5.52. The van der Waals surface area contributed by atoms with E-state index in [1.165, 1.54) is 18.3 Å². The lowest BCUT2D eigenvalue weighted by Crippen LogP contribution is -2.32. The third kappa shape index (κ3) is 4.06. The molecule has 0 atom stereocenters. The van der Waals surface area contributed by atoms with E-state index in [0.717, 1.165) is 4.90 Å². The zero-order valence-electron chi connectivity index (χ0n) is 16.8. The summed E-state index contributed by atoms with van der Waals surface area (Å²) in [4.78, 5) is 39.7. The van der Waals surface area contributed by atoms with Gasteiger partial charge in [0.05, 0.1) is 18.4 Å². The summed E-state index contributed by atoms with van der Waals surface area (Å²) in [5.41, 5.74) is 2.14. The Morgan fingerprint density at radius 3 is 2.39 bits per heavy atom. The predicted molar refractivity (Wildman–Crippen MR) is 121 cm³/mol. The van der Waals surface area contributed by atoms with E-state index in [9.17, 15) is 14.4 Å². The van der Waals surface area contributed by atoms with Crippen LogP contribution in [0.1, 0.15) is 11.8 Å². The first-order chi connectivity index (χ1) is 15.0. The maximum Gasteiger partial charge on any atom is 0.282 e. The fraction of sp³-hybridized carbons (Fsp3) is 0.0870. The number of anilines is 3. The monoisotopic (exact) mass is 433 g/mol. The van der Waals surface area contributed by atoms with Crippen LogP contribution in [-0.4, -0.2) is 24.8 Å². The molecule has 0 bridgehead atoms. The first-order valence-electron chi connectivity index (χ1n) is 9.43. The Morgan fingerprint density at radius 2 is 1.74 bits per heavy atom. The zero-order valence-corrected chi connectivity index (χ0v) is 17.7. The summed E-state index contributed by atoms with van der Waals surface area (Å²) in [7, 11) is 1.56. The predicted octanol–water partition coefficient (Wildman–Crippen LogP) is 4.11. The van der Waals surface area contributed by atoms with E-state index in [0.29, 0.717) is 33.3 Å². The highest BCUT2D eigenvalue weighted by Gasteiger charge is 2.40. The molecule has 2 heterocycles. The summed E-state index contributed by atoms with van der Waals surface area (Å²) in [6.45, 7) is 1.41. The van der Waals surface area contributed by atoms with Gasteiger partial charge in [-0.25, -0.2) is 4.90 Å². The Hall–Kier alpha value is -3.91. The van der Waals surface area contributed by atoms with Crippen molar-refractivity contribution in [1.82, 2.24) is 0 Å². The van der Waals surface area contributed by atoms with Gasteiger partial charge in [-0.2, -0.15) is 0 Å². The molecule has 1 aliphatic heterocycles. The molecule has 1 aliphatic rings. The number of hydrogen-bond donors (Lipinski definition) is 2. The molecule has 0 aliphatic carbocycles. The Kier molecular flexibility index (Phi) is 5.55. The molecule has 2 N–H and O–H groups in total. The fourth-order valence-corrected chi connectivity index (χ4v) is 4.04. The van der Waals surface area contributed by atoms with Crippen LogP contribution in [0.25, 0.3) is 5.57 Å². The van der Waals surface area contributed by atoms with Gasteiger partial charge in [-0.05, 0) is 47.8 Å². The number of methoxy groups -OCH3 is 1. The van der Waals surface area contributed by atoms with Crippen molar-refractivity contribution < 1.29 is 19.1 Å². The van der Waals surface area contributed by atoms with Crippen LogP contribution in [0, 0.1) is 0 Å². The van der Waals surface area contributed by atoms with E-state index in [1.807, 2.05) is 17.5 Å². The first kappa shape index (κ1) is 20.4. The second-order valence-electron chi connectivity index (χ2n) is 6.76. The van der Waals surface area contributed by atoms with E-state index >= 15 is 0 Å². The number of nitrogens with one attached hydrogen (secondary N) is 2. The van der Waals surface area contributed by atoms with E-state index < -0.39 is 11.8 Å². The van der Waals surface area contributed by atoms with Crippen molar-refractivity contribution in [2.75, 3.05) is 22.6 Å². The summed E-state index contributed by atoms with van der Waals surface area (Å²) < 4.78 is 5.25. The van der Waals surface area contributed by atoms with Crippen molar-refractivity contribution in [3.05, 3.63) is 76.6 Å². The molecule has 156 valence electrons. The van der Waals surface area contributed by atoms with Gasteiger partial charge in [-0.3, -0.25) is 14.4 Å². The minimum absolute atomic E-state index is 0.201. The van der Waals surface area contributed by atoms with Crippen LogP contribution in [-0.2, 0) is 14.4 Å². The Balaban J connectivity index is 1.71. The smallest absolute Gasteiger partial charge is 0.282 e. The number of carbonyl (C=O) groups excluding carboxylic acids is 3. The molecule has 0 saturated heterocycles. The van der Waals surface area contributed by atoms with E-state index in [4.69, 9.17) is 4.74 Å². The molecule has 2 aromatic carbocycles. The molecule has 4 rings (SSSR count). The van der Waals surface area contributed by atoms with Crippen LogP contribution >= 0.6 is 11.3 Å². The lowest BCUT2D eigenvalue weighted by Gasteiger charge is -2.16. The molecule has 0 spiro atoms. The van der Waals surface area contributed by atoms with Crippen LogP contribution in [0.3, 0.4) is 0 Å². The lowest BCUT2D eigenvalue weighted by molar-refractivity contribution is -0.120. The van der Waals surface area contributed by atoms with Gasteiger partial charge in [0, 0.05) is 29.2 Å². The zero-order chi connectivity index (χ0) is 22.0. The van der Waals surface area contributed by atoms with Crippen molar-refractivity contribution in [1.29, 1.82) is 0 Å². The summed E-state index contributed by atoms with van der Waals surface area (Å²) in [6.07, 6.45) is 0. The minimum atomic E-state index is -0.455. The molecular weight excluding hydrogens is 414 g/mol. The molecule has 3 amide bonds. The number of imide groups is 1. The number of rotatable bonds is 6. The standard InChI is InChI=1S/C23H19N3O4S/c1-14(27)24-15-8-10-17(11-9-15)26-22(28)20(19-7-4-12-31-19)21(23(26)29)25-16-5-3-6-18(13-16)30-2/h3-13,25H,1-2H3,(H,24,27). The number of nitrogens with zero attached hydrogens (tertiary/aromatic N) is 1. The molecule has 7 nitrogen and oxygen atoms in total. The molecule has 31 heavy (non-hydrogen) atoms. The van der Waals surface area contributed by atoms with Crippen molar-refractivity contribution in [2.45, 2.75) is 6.92 Å². The molecule has 0 fully saturated rings. The second kappa shape index (κ2) is 8.45. The van der Waals surface area contributed by atoms with Crippen LogP contribution in [0.15, 0.2) is 71.7 Å². The normalized spacial score (nSPS) is 13.5. The van der Waals surface area contributed by atoms with Crippen LogP contribution < -0.4 is 20.3 Å². The number of benzene rings is 2. The largest absolute Gasteiger partial charge is 0.497 e. The second-order valence-corrected chi connectivity index (χ2v) is 7.71. The Morgan fingerprint density at radius 1 is 0.968 bits per heavy atom. The van der Waals surface area contributed by atoms with Crippen molar-refractivity contribution >= 4 is 51.7 Å². The number of hydrogen-bond acceptors (Lipinski definition) is 6. The van der Waals surface area contributed by atoms with Crippen LogP contribution in [0.2, 0.25) is 0 Å². The van der Waals surface area contributed by atoms with Crippen LogP contribution in [0.4, 0.5) is 17.1 Å². The molecule has 0 saturated carbocycles. The van der Waals surface area contributed by atoms with Gasteiger partial charge in [0.2, 0.25) is 5.91 Å². The number of ether oxygens (including phenoxy) is 1. The molecule has 8 heteroatoms. The van der Waals surface area contributed by atoms with Gasteiger partial charge in [0.15, 0.2) is 0 Å². The highest BCUT2D eigenvalue weighted by Crippen LogP contribution is 2.36. The summed E-state index contributed by atoms with van der Waals surface area (Å²) in [5, 5.41) is 7.63. The van der Waals surface area contributed by atoms with E-state index in [2.05, 4.69) is 10.6 Å². The number of thiophene rings is 1. The number of carbonyl (C=O) groups is 3. The average molecular weight is 433 g/mol. The molecule has 3 aromatic rings. The summed E-state index contributed by atoms with van der Waals surface area (Å²) in [6, 6.07) is 17.3. The molecular formula is C23H19N3O4S. The average Bonchev–Trinajstić information content (AvgIpc) is 3.36. The topological polar surface area (TPSA) is 87.7 Å². The summed E-state index contributed by atoms with van der Waals surface area (Å²) in [5.74, 6) is -0.438. The van der Waals surface area contributed by atoms with Gasteiger partial charge in [-0.1, -0.05) is 12.1 Å². The Bertz CT molecular complexity index is 1180. The number of amides is 3. The van der Waals surface area contributed by atoms with Crippen molar-refractivity contribution in [3.63, 3.8) is 0 Å². The van der Waals surface area contributed by atoms with Gasteiger partial charge in [-0.15, -0.1) is 11.3 Å². The fourth-order valence-electron chi connectivity index (χ4n) is 3.27. The molecule has 0 radical (unpaired) electrons. The highest BCUT2D eigenvalue weighted by molar-refractivity contribution is 7.11. The van der Waals surface area contributed by atoms with Gasteiger partial charge >= 0.3 is 0 Å². The van der Waals surface area contributed by atoms with Crippen molar-refractivity contribution in [2.24, 2.45) is 0 Å². The maximum atomic E-state index is 13.3. The molecule has 0 unspecified atom stereocenters. The highest BCUT2D eigenvalue weighted by atomic mass is 32.1. The first-order valence-corrected chi connectivity index (χ1v) is 10.3. The van der Waals surface area contributed by atoms with Gasteiger partial charge in [0.25, 0.3) is 11.8 Å². The van der Waals surface area contributed by atoms with Crippen molar-refractivity contribution in [3.8, 4) is 5.75 Å². The van der Waals surface area contributed by atoms with E-state index in [-0.39, 0.29) is 11.6 Å². The lowest BCUT2D eigenvalue weighted by atomic mass is 10.2. The Labute approximate surface area is 183 Å². The third-order valence-electron chi connectivity index (χ3n) is 4.64.